The van der Waals surface area contributed by atoms with E-state index in [4.69, 9.17) is 9.47 Å². The zero-order chi connectivity index (χ0) is 17.9. The van der Waals surface area contributed by atoms with Gasteiger partial charge in [-0.15, -0.1) is 0 Å². The summed E-state index contributed by atoms with van der Waals surface area (Å²) in [7, 11) is 3.16. The number of ether oxygens (including phenoxy) is 2. The van der Waals surface area contributed by atoms with Crippen LogP contribution in [0.1, 0.15) is 38.9 Å². The highest BCUT2D eigenvalue weighted by atomic mass is 19.1. The van der Waals surface area contributed by atoms with Crippen molar-refractivity contribution in [2.24, 2.45) is 5.41 Å². The molecule has 0 fully saturated rings. The smallest absolute Gasteiger partial charge is 0.131 e. The van der Waals surface area contributed by atoms with Crippen LogP contribution in [0.5, 0.6) is 11.5 Å². The van der Waals surface area contributed by atoms with Crippen LogP contribution in [0.3, 0.4) is 0 Å². The Bertz CT molecular complexity index is 705. The van der Waals surface area contributed by atoms with Crippen molar-refractivity contribution in [1.29, 1.82) is 0 Å². The van der Waals surface area contributed by atoms with E-state index in [1.165, 1.54) is 6.07 Å². The molecule has 0 aliphatic rings. The molecule has 0 radical (unpaired) electrons. The topological polar surface area (TPSA) is 38.7 Å². The van der Waals surface area contributed by atoms with Gasteiger partial charge >= 0.3 is 0 Å². The molecular weight excluding hydrogens is 307 g/mol. The number of phenols is 1. The highest BCUT2D eigenvalue weighted by molar-refractivity contribution is 5.68. The third-order valence-corrected chi connectivity index (χ3v) is 3.94. The Morgan fingerprint density at radius 3 is 2.38 bits per heavy atom. The number of halogens is 1. The molecule has 0 bridgehead atoms. The third-order valence-electron chi connectivity index (χ3n) is 3.94. The van der Waals surface area contributed by atoms with Gasteiger partial charge in [-0.3, -0.25) is 0 Å². The van der Waals surface area contributed by atoms with E-state index in [9.17, 15) is 9.50 Å². The standard InChI is InChI=1S/C20H25FO3/c1-20(2,3)12-19(24-5)16-10-13(6-9-18(16)22)15-11-14(23-4)7-8-17(15)21/h6-11,19,22H,12H2,1-5H3. The summed E-state index contributed by atoms with van der Waals surface area (Å²) in [6, 6.07) is 9.67. The number of aromatic hydroxyl groups is 1. The molecule has 0 aliphatic carbocycles. The predicted molar refractivity (Wildman–Crippen MR) is 93.9 cm³/mol. The van der Waals surface area contributed by atoms with Gasteiger partial charge in [0.25, 0.3) is 0 Å². The van der Waals surface area contributed by atoms with Crippen LogP contribution in [0, 0.1) is 11.2 Å². The zero-order valence-electron chi connectivity index (χ0n) is 14.9. The summed E-state index contributed by atoms with van der Waals surface area (Å²) in [4.78, 5) is 0. The average Bonchev–Trinajstić information content (AvgIpc) is 2.53. The lowest BCUT2D eigenvalue weighted by Crippen LogP contribution is -2.13. The molecular formula is C20H25FO3. The normalized spacial score (nSPS) is 12.9. The van der Waals surface area contributed by atoms with Crippen molar-refractivity contribution >= 4 is 0 Å². The fraction of sp³-hybridized carbons (Fsp3) is 0.400. The van der Waals surface area contributed by atoms with Crippen LogP contribution < -0.4 is 4.74 Å². The van der Waals surface area contributed by atoms with Gasteiger partial charge < -0.3 is 14.6 Å². The first-order valence-electron chi connectivity index (χ1n) is 7.95. The molecule has 3 nitrogen and oxygen atoms in total. The van der Waals surface area contributed by atoms with Crippen LogP contribution in [0.4, 0.5) is 4.39 Å². The number of phenolic OH excluding ortho intramolecular Hbond substituents is 1. The Morgan fingerprint density at radius 1 is 1.08 bits per heavy atom. The molecule has 0 aromatic heterocycles. The molecule has 0 saturated carbocycles. The summed E-state index contributed by atoms with van der Waals surface area (Å²) in [5.41, 5.74) is 1.80. The minimum absolute atomic E-state index is 0.0321. The van der Waals surface area contributed by atoms with Crippen molar-refractivity contribution in [3.63, 3.8) is 0 Å². The van der Waals surface area contributed by atoms with Crippen LogP contribution in [0.25, 0.3) is 11.1 Å². The predicted octanol–water partition coefficient (Wildman–Crippen LogP) is 5.33. The first-order chi connectivity index (χ1) is 11.2. The minimum atomic E-state index is -0.336. The van der Waals surface area contributed by atoms with Gasteiger partial charge in [0.15, 0.2) is 0 Å². The zero-order valence-corrected chi connectivity index (χ0v) is 14.9. The first kappa shape index (κ1) is 18.3. The summed E-state index contributed by atoms with van der Waals surface area (Å²) in [5.74, 6) is 0.398. The van der Waals surface area contributed by atoms with Gasteiger partial charge in [0.1, 0.15) is 17.3 Å². The third kappa shape index (κ3) is 4.26. The van der Waals surface area contributed by atoms with Crippen LogP contribution >= 0.6 is 0 Å². The van der Waals surface area contributed by atoms with Crippen molar-refractivity contribution in [1.82, 2.24) is 0 Å². The monoisotopic (exact) mass is 332 g/mol. The van der Waals surface area contributed by atoms with Gasteiger partial charge in [-0.2, -0.15) is 0 Å². The second-order valence-corrected chi connectivity index (χ2v) is 7.11. The fourth-order valence-electron chi connectivity index (χ4n) is 2.71. The number of benzene rings is 2. The number of methoxy groups -OCH3 is 2. The Morgan fingerprint density at radius 2 is 1.79 bits per heavy atom. The van der Waals surface area contributed by atoms with Crippen molar-refractivity contribution in [3.8, 4) is 22.6 Å². The molecule has 0 spiro atoms. The van der Waals surface area contributed by atoms with Crippen molar-refractivity contribution in [3.05, 3.63) is 47.8 Å². The Balaban J connectivity index is 2.48. The quantitative estimate of drug-likeness (QED) is 0.804. The molecule has 24 heavy (non-hydrogen) atoms. The Kier molecular flexibility index (Phi) is 5.50. The lowest BCUT2D eigenvalue weighted by molar-refractivity contribution is 0.0641. The van der Waals surface area contributed by atoms with Gasteiger partial charge in [-0.25, -0.2) is 4.39 Å². The van der Waals surface area contributed by atoms with Crippen molar-refractivity contribution in [2.75, 3.05) is 14.2 Å². The van der Waals surface area contributed by atoms with Crippen molar-refractivity contribution < 1.29 is 19.0 Å². The molecule has 0 heterocycles. The second-order valence-electron chi connectivity index (χ2n) is 7.11. The van der Waals surface area contributed by atoms with Crippen LogP contribution in [0.2, 0.25) is 0 Å². The van der Waals surface area contributed by atoms with E-state index >= 15 is 0 Å². The summed E-state index contributed by atoms with van der Waals surface area (Å²) in [5, 5.41) is 10.3. The lowest BCUT2D eigenvalue weighted by atomic mass is 9.86. The molecule has 130 valence electrons. The maximum atomic E-state index is 14.2. The van der Waals surface area contributed by atoms with Gasteiger partial charge in [0, 0.05) is 18.2 Å². The molecule has 2 aromatic rings. The van der Waals surface area contributed by atoms with E-state index in [0.717, 1.165) is 6.42 Å². The number of rotatable bonds is 5. The van der Waals surface area contributed by atoms with Crippen LogP contribution in [-0.4, -0.2) is 19.3 Å². The van der Waals surface area contributed by atoms with Gasteiger partial charge in [0.2, 0.25) is 0 Å². The summed E-state index contributed by atoms with van der Waals surface area (Å²) >= 11 is 0. The highest BCUT2D eigenvalue weighted by Crippen LogP contribution is 2.38. The Labute approximate surface area is 143 Å². The molecule has 2 rings (SSSR count). The summed E-state index contributed by atoms with van der Waals surface area (Å²) in [6.07, 6.45) is 0.472. The van der Waals surface area contributed by atoms with E-state index in [-0.39, 0.29) is 23.1 Å². The highest BCUT2D eigenvalue weighted by Gasteiger charge is 2.23. The Hall–Kier alpha value is -2.07. The maximum Gasteiger partial charge on any atom is 0.131 e. The average molecular weight is 332 g/mol. The van der Waals surface area contributed by atoms with Gasteiger partial charge in [-0.1, -0.05) is 26.8 Å². The number of hydrogen-bond donors (Lipinski definition) is 1. The molecule has 0 saturated heterocycles. The molecule has 2 aromatic carbocycles. The largest absolute Gasteiger partial charge is 0.508 e. The van der Waals surface area contributed by atoms with Gasteiger partial charge in [-0.05, 0) is 47.7 Å². The molecule has 1 atom stereocenters. The molecule has 1 N–H and O–H groups in total. The molecule has 4 heteroatoms. The van der Waals surface area contributed by atoms with E-state index < -0.39 is 0 Å². The van der Waals surface area contributed by atoms with Crippen LogP contribution in [0.15, 0.2) is 36.4 Å². The van der Waals surface area contributed by atoms with Crippen LogP contribution in [-0.2, 0) is 4.74 Å². The van der Waals surface area contributed by atoms with E-state index in [0.29, 0.717) is 22.4 Å². The fourth-order valence-corrected chi connectivity index (χ4v) is 2.71. The van der Waals surface area contributed by atoms with Crippen molar-refractivity contribution in [2.45, 2.75) is 33.3 Å². The minimum Gasteiger partial charge on any atom is -0.508 e. The second kappa shape index (κ2) is 7.22. The van der Waals surface area contributed by atoms with Gasteiger partial charge in [0.05, 0.1) is 13.2 Å². The molecule has 0 aliphatic heterocycles. The van der Waals surface area contributed by atoms with E-state index in [2.05, 4.69) is 20.8 Å². The summed E-state index contributed by atoms with van der Waals surface area (Å²) < 4.78 is 25.0. The van der Waals surface area contributed by atoms with E-state index in [1.54, 1.807) is 44.6 Å². The molecule has 1 unspecified atom stereocenters. The maximum absolute atomic E-state index is 14.2. The first-order valence-corrected chi connectivity index (χ1v) is 7.95. The summed E-state index contributed by atoms with van der Waals surface area (Å²) in [6.45, 7) is 6.34. The molecule has 0 amide bonds. The van der Waals surface area contributed by atoms with E-state index in [1.807, 2.05) is 0 Å². The SMILES string of the molecule is COc1ccc(F)c(-c2ccc(O)c(C(CC(C)(C)C)OC)c2)c1. The number of hydrogen-bond acceptors (Lipinski definition) is 3. The lowest BCUT2D eigenvalue weighted by Gasteiger charge is -2.26.